The maximum absolute atomic E-state index is 13.0. The fourth-order valence-electron chi connectivity index (χ4n) is 5.90. The zero-order valence-electron chi connectivity index (χ0n) is 20.8. The summed E-state index contributed by atoms with van der Waals surface area (Å²) in [5, 5.41) is 3.26. The van der Waals surface area contributed by atoms with E-state index in [1.54, 1.807) is 0 Å². The lowest BCUT2D eigenvalue weighted by atomic mass is 9.70. The molecule has 2 bridgehead atoms. The molecule has 1 N–H and O–H groups in total. The molecule has 1 aliphatic carbocycles. The highest BCUT2D eigenvalue weighted by molar-refractivity contribution is 5.70. The first-order valence-corrected chi connectivity index (χ1v) is 13.0. The molecule has 0 saturated carbocycles. The topological polar surface area (TPSA) is 50.8 Å². The van der Waals surface area contributed by atoms with Crippen molar-refractivity contribution in [2.45, 2.75) is 65.0 Å². The van der Waals surface area contributed by atoms with Crippen molar-refractivity contribution in [2.75, 3.05) is 26.2 Å². The minimum Gasteiger partial charge on any atom is -0.494 e. The van der Waals surface area contributed by atoms with E-state index in [1.807, 2.05) is 6.07 Å². The second-order valence-corrected chi connectivity index (χ2v) is 10.9. The molecule has 5 nitrogen and oxygen atoms in total. The van der Waals surface area contributed by atoms with Crippen molar-refractivity contribution in [2.24, 2.45) is 11.3 Å². The van der Waals surface area contributed by atoms with Crippen LogP contribution in [0.25, 0.3) is 11.1 Å². The SMILES string of the molecule is CCCOc1cccc(-c2ccc3c(c2)CCC(C)(C)[C@H]3NC(=O)O[C@@H]2CN3CCC2CC3)c1. The van der Waals surface area contributed by atoms with Gasteiger partial charge < -0.3 is 14.8 Å². The lowest BCUT2D eigenvalue weighted by Crippen LogP contribution is -2.53. The number of carbonyl (C=O) groups excluding carboxylic acids is 1. The molecule has 34 heavy (non-hydrogen) atoms. The molecule has 3 aliphatic heterocycles. The third kappa shape index (κ3) is 4.81. The molecule has 0 aromatic heterocycles. The molecule has 4 aliphatic rings. The normalized spacial score (nSPS) is 27.0. The number of fused-ring (bicyclic) bond motifs is 4. The Labute approximate surface area is 203 Å². The molecule has 5 heteroatoms. The number of hydrogen-bond donors (Lipinski definition) is 1. The van der Waals surface area contributed by atoms with Gasteiger partial charge in [-0.05, 0) is 90.9 Å². The summed E-state index contributed by atoms with van der Waals surface area (Å²) >= 11 is 0. The third-order valence-corrected chi connectivity index (χ3v) is 8.03. The Bertz CT molecular complexity index is 1030. The third-order valence-electron chi connectivity index (χ3n) is 8.03. The number of alkyl carbamates (subject to hydrolysis) is 1. The van der Waals surface area contributed by atoms with E-state index >= 15 is 0 Å². The Kier molecular flexibility index (Phi) is 6.57. The van der Waals surface area contributed by atoms with E-state index in [9.17, 15) is 4.79 Å². The van der Waals surface area contributed by atoms with Crippen molar-refractivity contribution >= 4 is 6.09 Å². The molecule has 2 atom stereocenters. The fraction of sp³-hybridized carbons (Fsp3) is 0.552. The van der Waals surface area contributed by atoms with Gasteiger partial charge in [-0.1, -0.05) is 51.1 Å². The first kappa shape index (κ1) is 23.2. The summed E-state index contributed by atoms with van der Waals surface area (Å²) in [5.41, 5.74) is 4.84. The number of ether oxygens (including phenoxy) is 2. The van der Waals surface area contributed by atoms with Crippen molar-refractivity contribution in [1.29, 1.82) is 0 Å². The summed E-state index contributed by atoms with van der Waals surface area (Å²) in [6.45, 7) is 10.5. The quantitative estimate of drug-likeness (QED) is 0.574. The average molecular weight is 463 g/mol. The van der Waals surface area contributed by atoms with E-state index in [0.717, 1.165) is 69.7 Å². The Morgan fingerprint density at radius 1 is 1.12 bits per heavy atom. The monoisotopic (exact) mass is 462 g/mol. The maximum Gasteiger partial charge on any atom is 0.407 e. The van der Waals surface area contributed by atoms with Crippen LogP contribution in [0, 0.1) is 11.3 Å². The maximum atomic E-state index is 13.0. The first-order valence-electron chi connectivity index (χ1n) is 13.0. The lowest BCUT2D eigenvalue weighted by Gasteiger charge is -2.44. The second kappa shape index (κ2) is 9.61. The van der Waals surface area contributed by atoms with E-state index in [4.69, 9.17) is 9.47 Å². The van der Waals surface area contributed by atoms with E-state index in [0.29, 0.717) is 5.92 Å². The van der Waals surface area contributed by atoms with Gasteiger partial charge in [0, 0.05) is 6.54 Å². The predicted molar refractivity (Wildman–Crippen MR) is 135 cm³/mol. The van der Waals surface area contributed by atoms with Crippen LogP contribution in [0.3, 0.4) is 0 Å². The van der Waals surface area contributed by atoms with Gasteiger partial charge in [-0.3, -0.25) is 4.90 Å². The van der Waals surface area contributed by atoms with Crippen LogP contribution in [-0.2, 0) is 11.2 Å². The number of nitrogens with one attached hydrogen (secondary N) is 1. The molecular formula is C29H38N2O3. The van der Waals surface area contributed by atoms with Crippen LogP contribution in [0.4, 0.5) is 4.79 Å². The van der Waals surface area contributed by atoms with Crippen LogP contribution < -0.4 is 10.1 Å². The summed E-state index contributed by atoms with van der Waals surface area (Å²) < 4.78 is 11.8. The summed E-state index contributed by atoms with van der Waals surface area (Å²) in [7, 11) is 0. The minimum atomic E-state index is -0.269. The number of rotatable bonds is 6. The largest absolute Gasteiger partial charge is 0.494 e. The van der Waals surface area contributed by atoms with Crippen molar-refractivity contribution in [3.8, 4) is 16.9 Å². The van der Waals surface area contributed by atoms with Gasteiger partial charge in [0.25, 0.3) is 0 Å². The lowest BCUT2D eigenvalue weighted by molar-refractivity contribution is -0.0353. The van der Waals surface area contributed by atoms with E-state index in [2.05, 4.69) is 67.4 Å². The highest BCUT2D eigenvalue weighted by Gasteiger charge is 2.40. The van der Waals surface area contributed by atoms with Gasteiger partial charge in [0.15, 0.2) is 0 Å². The van der Waals surface area contributed by atoms with Crippen LogP contribution in [0.15, 0.2) is 42.5 Å². The van der Waals surface area contributed by atoms with Crippen molar-refractivity contribution in [3.63, 3.8) is 0 Å². The molecular weight excluding hydrogens is 424 g/mol. The number of piperidine rings is 3. The number of nitrogens with zero attached hydrogens (tertiary/aromatic N) is 1. The van der Waals surface area contributed by atoms with Gasteiger partial charge in [-0.25, -0.2) is 4.79 Å². The number of benzene rings is 2. The molecule has 3 fully saturated rings. The van der Waals surface area contributed by atoms with Crippen LogP contribution in [0.2, 0.25) is 0 Å². The number of aryl methyl sites for hydroxylation is 1. The highest BCUT2D eigenvalue weighted by atomic mass is 16.6. The average Bonchev–Trinajstić information content (AvgIpc) is 2.85. The summed E-state index contributed by atoms with van der Waals surface area (Å²) in [6, 6.07) is 14.9. The van der Waals surface area contributed by atoms with E-state index in [-0.39, 0.29) is 23.7 Å². The summed E-state index contributed by atoms with van der Waals surface area (Å²) in [5.74, 6) is 1.43. The Morgan fingerprint density at radius 3 is 2.65 bits per heavy atom. The van der Waals surface area contributed by atoms with Gasteiger partial charge in [-0.15, -0.1) is 0 Å². The van der Waals surface area contributed by atoms with Crippen LogP contribution >= 0.6 is 0 Å². The van der Waals surface area contributed by atoms with Crippen LogP contribution in [-0.4, -0.2) is 43.3 Å². The minimum absolute atomic E-state index is 0.0262. The number of amides is 1. The van der Waals surface area contributed by atoms with Gasteiger partial charge in [0.2, 0.25) is 0 Å². The predicted octanol–water partition coefficient (Wildman–Crippen LogP) is 5.98. The Hall–Kier alpha value is -2.53. The molecule has 3 saturated heterocycles. The van der Waals surface area contributed by atoms with Gasteiger partial charge in [-0.2, -0.15) is 0 Å². The molecule has 0 radical (unpaired) electrons. The molecule has 0 spiro atoms. The Morgan fingerprint density at radius 2 is 1.91 bits per heavy atom. The molecule has 2 aromatic rings. The molecule has 3 heterocycles. The smallest absolute Gasteiger partial charge is 0.407 e. The molecule has 6 rings (SSSR count). The van der Waals surface area contributed by atoms with Crippen LogP contribution in [0.5, 0.6) is 5.75 Å². The fourth-order valence-corrected chi connectivity index (χ4v) is 5.90. The second-order valence-electron chi connectivity index (χ2n) is 10.9. The molecule has 1 amide bonds. The summed E-state index contributed by atoms with van der Waals surface area (Å²) in [4.78, 5) is 15.4. The molecule has 182 valence electrons. The van der Waals surface area contributed by atoms with E-state index < -0.39 is 0 Å². The van der Waals surface area contributed by atoms with Gasteiger partial charge in [0.05, 0.1) is 12.6 Å². The van der Waals surface area contributed by atoms with Crippen molar-refractivity contribution < 1.29 is 14.3 Å². The van der Waals surface area contributed by atoms with Crippen molar-refractivity contribution in [1.82, 2.24) is 10.2 Å². The standard InChI is InChI=1S/C29H38N2O3/c1-4-16-33-24-7-5-6-21(18-24)22-8-9-25-23(17-22)10-13-29(2,3)27(25)30-28(32)34-26-19-31-14-11-20(26)12-15-31/h5-9,17-18,20,26-27H,4,10-16,19H2,1-3H3,(H,30,32)/t26-,27+/m1/s1. The number of carbonyl (C=O) groups is 1. The van der Waals surface area contributed by atoms with Crippen molar-refractivity contribution in [3.05, 3.63) is 53.6 Å². The first-order chi connectivity index (χ1) is 16.4. The zero-order chi connectivity index (χ0) is 23.7. The molecule has 0 unspecified atom stereocenters. The highest BCUT2D eigenvalue weighted by Crippen LogP contribution is 2.44. The summed E-state index contributed by atoms with van der Waals surface area (Å²) in [6.07, 6.45) is 5.07. The molecule has 2 aromatic carbocycles. The zero-order valence-corrected chi connectivity index (χ0v) is 20.8. The van der Waals surface area contributed by atoms with Gasteiger partial charge >= 0.3 is 6.09 Å². The number of hydrogen-bond acceptors (Lipinski definition) is 4. The van der Waals surface area contributed by atoms with Gasteiger partial charge in [0.1, 0.15) is 11.9 Å². The van der Waals surface area contributed by atoms with E-state index in [1.165, 1.54) is 16.7 Å². The Balaban J connectivity index is 1.33. The van der Waals surface area contributed by atoms with Crippen LogP contribution in [0.1, 0.15) is 63.6 Å².